The quantitative estimate of drug-likeness (QED) is 0.657. The standard InChI is InChI=1S/C13H15BrN4O/c14-8-2-1-3-13(19)17-11-4-6-12(7-5-11)18-15-9-10-16-18/h4-7,9-10H,1-3,8H2,(H,17,19). The predicted octanol–water partition coefficient (Wildman–Crippen LogP) is 2.77. The Hall–Kier alpha value is -1.69. The zero-order valence-corrected chi connectivity index (χ0v) is 12.0. The maximum absolute atomic E-state index is 11.6. The summed E-state index contributed by atoms with van der Waals surface area (Å²) in [6.07, 6.45) is 5.71. The number of aromatic nitrogens is 3. The minimum Gasteiger partial charge on any atom is -0.326 e. The van der Waals surface area contributed by atoms with Gasteiger partial charge in [-0.2, -0.15) is 15.0 Å². The first kappa shape index (κ1) is 13.7. The van der Waals surface area contributed by atoms with Crippen LogP contribution in [0.2, 0.25) is 0 Å². The molecule has 0 spiro atoms. The van der Waals surface area contributed by atoms with Crippen LogP contribution in [0.3, 0.4) is 0 Å². The molecule has 0 bridgehead atoms. The lowest BCUT2D eigenvalue weighted by molar-refractivity contribution is -0.116. The van der Waals surface area contributed by atoms with Gasteiger partial charge in [-0.1, -0.05) is 15.9 Å². The summed E-state index contributed by atoms with van der Waals surface area (Å²) in [5, 5.41) is 11.9. The number of alkyl halides is 1. The van der Waals surface area contributed by atoms with E-state index in [0.717, 1.165) is 29.5 Å². The molecule has 0 unspecified atom stereocenters. The third-order valence-electron chi connectivity index (χ3n) is 2.59. The number of carbonyl (C=O) groups is 1. The van der Waals surface area contributed by atoms with E-state index in [9.17, 15) is 4.79 Å². The predicted molar refractivity (Wildman–Crippen MR) is 77.6 cm³/mol. The number of nitrogens with one attached hydrogen (secondary N) is 1. The third-order valence-corrected chi connectivity index (χ3v) is 3.15. The Balaban J connectivity index is 1.90. The molecule has 1 aromatic heterocycles. The van der Waals surface area contributed by atoms with Crippen LogP contribution in [0.5, 0.6) is 0 Å². The number of amides is 1. The topological polar surface area (TPSA) is 59.8 Å². The number of nitrogens with zero attached hydrogens (tertiary/aromatic N) is 3. The van der Waals surface area contributed by atoms with Crippen molar-refractivity contribution in [2.24, 2.45) is 0 Å². The fourth-order valence-corrected chi connectivity index (χ4v) is 2.03. The fourth-order valence-electron chi connectivity index (χ4n) is 1.63. The van der Waals surface area contributed by atoms with E-state index in [-0.39, 0.29) is 5.91 Å². The largest absolute Gasteiger partial charge is 0.326 e. The van der Waals surface area contributed by atoms with E-state index in [1.807, 2.05) is 24.3 Å². The normalized spacial score (nSPS) is 10.4. The number of unbranched alkanes of at least 4 members (excludes halogenated alkanes) is 1. The first-order chi connectivity index (χ1) is 9.29. The molecule has 1 aromatic carbocycles. The lowest BCUT2D eigenvalue weighted by atomic mass is 10.2. The lowest BCUT2D eigenvalue weighted by Crippen LogP contribution is -2.11. The number of anilines is 1. The molecule has 5 nitrogen and oxygen atoms in total. The molecule has 0 radical (unpaired) electrons. The summed E-state index contributed by atoms with van der Waals surface area (Å²) in [6, 6.07) is 7.43. The van der Waals surface area contributed by atoms with Crippen molar-refractivity contribution >= 4 is 27.5 Å². The molecule has 0 saturated heterocycles. The zero-order valence-electron chi connectivity index (χ0n) is 10.4. The van der Waals surface area contributed by atoms with Gasteiger partial charge in [-0.25, -0.2) is 0 Å². The molecule has 1 heterocycles. The van der Waals surface area contributed by atoms with Crippen molar-refractivity contribution < 1.29 is 4.79 Å². The number of hydrogen-bond donors (Lipinski definition) is 1. The van der Waals surface area contributed by atoms with Crippen LogP contribution in [0.25, 0.3) is 5.69 Å². The number of hydrogen-bond acceptors (Lipinski definition) is 3. The Morgan fingerprint density at radius 2 is 1.84 bits per heavy atom. The molecule has 2 aromatic rings. The first-order valence-corrected chi connectivity index (χ1v) is 7.24. The van der Waals surface area contributed by atoms with Gasteiger partial charge >= 0.3 is 0 Å². The van der Waals surface area contributed by atoms with Crippen LogP contribution in [-0.2, 0) is 4.79 Å². The van der Waals surface area contributed by atoms with Crippen molar-refractivity contribution in [3.05, 3.63) is 36.7 Å². The monoisotopic (exact) mass is 322 g/mol. The van der Waals surface area contributed by atoms with Crippen LogP contribution in [0.4, 0.5) is 5.69 Å². The van der Waals surface area contributed by atoms with Crippen LogP contribution in [0.1, 0.15) is 19.3 Å². The number of halogens is 1. The third kappa shape index (κ3) is 4.17. The van der Waals surface area contributed by atoms with Crippen LogP contribution >= 0.6 is 15.9 Å². The molecule has 100 valence electrons. The van der Waals surface area contributed by atoms with Crippen molar-refractivity contribution in [2.75, 3.05) is 10.6 Å². The smallest absolute Gasteiger partial charge is 0.224 e. The van der Waals surface area contributed by atoms with Gasteiger partial charge in [0.1, 0.15) is 0 Å². The summed E-state index contributed by atoms with van der Waals surface area (Å²) in [6.45, 7) is 0. The summed E-state index contributed by atoms with van der Waals surface area (Å²) in [7, 11) is 0. The lowest BCUT2D eigenvalue weighted by Gasteiger charge is -2.06. The van der Waals surface area contributed by atoms with Crippen LogP contribution < -0.4 is 5.32 Å². The second kappa shape index (κ2) is 7.04. The SMILES string of the molecule is O=C(CCCCBr)Nc1ccc(-n2nccn2)cc1. The molecule has 0 aliphatic rings. The molecular weight excluding hydrogens is 308 g/mol. The summed E-state index contributed by atoms with van der Waals surface area (Å²) in [5.74, 6) is 0.0471. The molecule has 2 rings (SSSR count). The van der Waals surface area contributed by atoms with Gasteiger partial charge in [0.15, 0.2) is 0 Å². The fraction of sp³-hybridized carbons (Fsp3) is 0.308. The zero-order chi connectivity index (χ0) is 13.5. The van der Waals surface area contributed by atoms with Gasteiger partial charge in [0, 0.05) is 17.4 Å². The highest BCUT2D eigenvalue weighted by molar-refractivity contribution is 9.09. The van der Waals surface area contributed by atoms with Crippen LogP contribution in [0, 0.1) is 0 Å². The second-order valence-electron chi connectivity index (χ2n) is 4.06. The van der Waals surface area contributed by atoms with Crippen molar-refractivity contribution in [2.45, 2.75) is 19.3 Å². The molecule has 0 aliphatic carbocycles. The van der Waals surface area contributed by atoms with Crippen LogP contribution in [-0.4, -0.2) is 26.2 Å². The minimum atomic E-state index is 0.0471. The van der Waals surface area contributed by atoms with E-state index in [4.69, 9.17) is 0 Å². The van der Waals surface area contributed by atoms with E-state index >= 15 is 0 Å². The summed E-state index contributed by atoms with van der Waals surface area (Å²) in [4.78, 5) is 13.2. The maximum Gasteiger partial charge on any atom is 0.224 e. The van der Waals surface area contributed by atoms with Gasteiger partial charge in [0.2, 0.25) is 5.91 Å². The molecule has 6 heteroatoms. The van der Waals surface area contributed by atoms with Crippen molar-refractivity contribution in [3.63, 3.8) is 0 Å². The maximum atomic E-state index is 11.6. The van der Waals surface area contributed by atoms with Gasteiger partial charge in [-0.3, -0.25) is 4.79 Å². The molecule has 0 saturated carbocycles. The van der Waals surface area contributed by atoms with E-state index in [0.29, 0.717) is 6.42 Å². The Bertz CT molecular complexity index is 510. The van der Waals surface area contributed by atoms with Gasteiger partial charge < -0.3 is 5.32 Å². The number of carbonyl (C=O) groups excluding carboxylic acids is 1. The van der Waals surface area contributed by atoms with Crippen molar-refractivity contribution in [3.8, 4) is 5.69 Å². The molecule has 0 atom stereocenters. The minimum absolute atomic E-state index is 0.0471. The average molecular weight is 323 g/mol. The number of benzene rings is 1. The second-order valence-corrected chi connectivity index (χ2v) is 4.85. The van der Waals surface area contributed by atoms with Crippen molar-refractivity contribution in [1.82, 2.24) is 15.0 Å². The van der Waals surface area contributed by atoms with E-state index in [1.54, 1.807) is 12.4 Å². The van der Waals surface area contributed by atoms with Crippen molar-refractivity contribution in [1.29, 1.82) is 0 Å². The average Bonchev–Trinajstić information content (AvgIpc) is 2.94. The van der Waals surface area contributed by atoms with E-state index < -0.39 is 0 Å². The van der Waals surface area contributed by atoms with Gasteiger partial charge in [-0.15, -0.1) is 0 Å². The highest BCUT2D eigenvalue weighted by Crippen LogP contribution is 2.12. The number of rotatable bonds is 6. The Morgan fingerprint density at radius 1 is 1.16 bits per heavy atom. The summed E-state index contributed by atoms with van der Waals surface area (Å²) >= 11 is 3.35. The van der Waals surface area contributed by atoms with E-state index in [1.165, 1.54) is 4.80 Å². The highest BCUT2D eigenvalue weighted by Gasteiger charge is 2.03. The van der Waals surface area contributed by atoms with Gasteiger partial charge in [0.25, 0.3) is 0 Å². The highest BCUT2D eigenvalue weighted by atomic mass is 79.9. The first-order valence-electron chi connectivity index (χ1n) is 6.12. The van der Waals surface area contributed by atoms with Crippen LogP contribution in [0.15, 0.2) is 36.7 Å². The molecule has 0 aliphatic heterocycles. The molecule has 19 heavy (non-hydrogen) atoms. The Kier molecular flexibility index (Phi) is 5.09. The molecular formula is C13H15BrN4O. The van der Waals surface area contributed by atoms with Gasteiger partial charge in [0.05, 0.1) is 18.1 Å². The molecule has 1 amide bonds. The van der Waals surface area contributed by atoms with E-state index in [2.05, 4.69) is 31.4 Å². The summed E-state index contributed by atoms with van der Waals surface area (Å²) < 4.78 is 0. The van der Waals surface area contributed by atoms with Gasteiger partial charge in [-0.05, 0) is 37.1 Å². The molecule has 1 N–H and O–H groups in total. The summed E-state index contributed by atoms with van der Waals surface area (Å²) in [5.41, 5.74) is 1.65. The Labute approximate surface area is 120 Å². The molecule has 0 fully saturated rings. The Morgan fingerprint density at radius 3 is 2.47 bits per heavy atom.